The van der Waals surface area contributed by atoms with Gasteiger partial charge in [0.2, 0.25) is 0 Å². The largest absolute Gasteiger partial charge is 0.381 e. The maximum atomic E-state index is 6.80. The lowest BCUT2D eigenvalue weighted by molar-refractivity contribution is -0.0149. The van der Waals surface area contributed by atoms with Crippen molar-refractivity contribution < 1.29 is 4.74 Å². The molecule has 0 aromatic carbocycles. The van der Waals surface area contributed by atoms with Gasteiger partial charge in [-0.15, -0.1) is 0 Å². The number of piperidine rings is 1. The van der Waals surface area contributed by atoms with Gasteiger partial charge in [0.05, 0.1) is 6.61 Å². The molecule has 3 heteroatoms. The number of ether oxygens (including phenoxy) is 1. The summed E-state index contributed by atoms with van der Waals surface area (Å²) in [5, 5.41) is 0. The van der Waals surface area contributed by atoms with Gasteiger partial charge in [-0.3, -0.25) is 4.90 Å². The number of rotatable bonds is 3. The van der Waals surface area contributed by atoms with Crippen LogP contribution in [0.4, 0.5) is 0 Å². The molecule has 110 valence electrons. The van der Waals surface area contributed by atoms with Gasteiger partial charge in [0.25, 0.3) is 0 Å². The monoisotopic (exact) mass is 266 g/mol. The standard InChI is InChI=1S/C16H30N2O/c17-15(14-7-6-12-19-13-14)16(8-2-3-9-16)18-10-4-1-5-11-18/h14-15H,1-13,17H2. The molecule has 2 aliphatic heterocycles. The van der Waals surface area contributed by atoms with Crippen molar-refractivity contribution >= 4 is 0 Å². The SMILES string of the molecule is NC(C1CCCOC1)C1(N2CCCCC2)CCCC1. The van der Waals surface area contributed by atoms with Gasteiger partial charge in [-0.1, -0.05) is 19.3 Å². The van der Waals surface area contributed by atoms with E-state index in [2.05, 4.69) is 4.90 Å². The summed E-state index contributed by atoms with van der Waals surface area (Å²) in [6.45, 7) is 4.40. The molecule has 1 saturated carbocycles. The first-order chi connectivity index (χ1) is 9.33. The third kappa shape index (κ3) is 2.70. The summed E-state index contributed by atoms with van der Waals surface area (Å²) in [4.78, 5) is 2.77. The van der Waals surface area contributed by atoms with Gasteiger partial charge < -0.3 is 10.5 Å². The first kappa shape index (κ1) is 13.8. The molecule has 2 unspecified atom stereocenters. The minimum atomic E-state index is 0.311. The van der Waals surface area contributed by atoms with E-state index < -0.39 is 0 Å². The smallest absolute Gasteiger partial charge is 0.0509 e. The molecule has 0 amide bonds. The maximum absolute atomic E-state index is 6.80. The predicted molar refractivity (Wildman–Crippen MR) is 78.1 cm³/mol. The number of likely N-dealkylation sites (tertiary alicyclic amines) is 1. The molecule has 2 N–H and O–H groups in total. The molecular formula is C16H30N2O. The molecular weight excluding hydrogens is 236 g/mol. The van der Waals surface area contributed by atoms with Crippen LogP contribution in [0, 0.1) is 5.92 Å². The highest BCUT2D eigenvalue weighted by molar-refractivity contribution is 5.05. The molecule has 3 rings (SSSR count). The lowest BCUT2D eigenvalue weighted by Gasteiger charge is -2.50. The third-order valence-corrected chi connectivity index (χ3v) is 5.78. The second-order valence-corrected chi connectivity index (χ2v) is 6.86. The Morgan fingerprint density at radius 2 is 1.74 bits per heavy atom. The summed E-state index contributed by atoms with van der Waals surface area (Å²) in [7, 11) is 0. The quantitative estimate of drug-likeness (QED) is 0.853. The average molecular weight is 266 g/mol. The zero-order valence-electron chi connectivity index (χ0n) is 12.3. The maximum Gasteiger partial charge on any atom is 0.0509 e. The van der Waals surface area contributed by atoms with Crippen LogP contribution in [-0.4, -0.2) is 42.8 Å². The Kier molecular flexibility index (Phi) is 4.45. The summed E-state index contributed by atoms with van der Waals surface area (Å²) in [5.41, 5.74) is 7.11. The predicted octanol–water partition coefficient (Wildman–Crippen LogP) is 2.54. The molecule has 2 heterocycles. The van der Waals surface area contributed by atoms with E-state index in [-0.39, 0.29) is 0 Å². The van der Waals surface area contributed by atoms with Gasteiger partial charge in [0, 0.05) is 18.2 Å². The molecule has 0 spiro atoms. The van der Waals surface area contributed by atoms with E-state index in [4.69, 9.17) is 10.5 Å². The minimum Gasteiger partial charge on any atom is -0.381 e. The lowest BCUT2D eigenvalue weighted by Crippen LogP contribution is -2.63. The summed E-state index contributed by atoms with van der Waals surface area (Å²) in [6, 6.07) is 0.327. The van der Waals surface area contributed by atoms with Crippen LogP contribution in [0.3, 0.4) is 0 Å². The van der Waals surface area contributed by atoms with Gasteiger partial charge in [-0.2, -0.15) is 0 Å². The summed E-state index contributed by atoms with van der Waals surface area (Å²) >= 11 is 0. The molecule has 1 aliphatic carbocycles. The molecule has 3 nitrogen and oxygen atoms in total. The van der Waals surface area contributed by atoms with Gasteiger partial charge in [0.15, 0.2) is 0 Å². The van der Waals surface area contributed by atoms with Crippen LogP contribution in [-0.2, 0) is 4.74 Å². The summed E-state index contributed by atoms with van der Waals surface area (Å²) in [5.74, 6) is 0.591. The fourth-order valence-corrected chi connectivity index (χ4v) is 4.67. The highest BCUT2D eigenvalue weighted by atomic mass is 16.5. The van der Waals surface area contributed by atoms with E-state index in [1.54, 1.807) is 0 Å². The van der Waals surface area contributed by atoms with Crippen LogP contribution in [0.1, 0.15) is 57.8 Å². The Hall–Kier alpha value is -0.120. The fraction of sp³-hybridized carbons (Fsp3) is 1.00. The van der Waals surface area contributed by atoms with E-state index in [1.807, 2.05) is 0 Å². The summed E-state index contributed by atoms with van der Waals surface area (Å²) < 4.78 is 5.70. The Bertz CT molecular complexity index is 276. The Labute approximate surface area is 117 Å². The molecule has 0 aromatic heterocycles. The van der Waals surface area contributed by atoms with Crippen molar-refractivity contribution in [1.82, 2.24) is 4.90 Å². The summed E-state index contributed by atoms with van der Waals surface area (Å²) in [6.07, 6.45) is 12.0. The molecule has 19 heavy (non-hydrogen) atoms. The highest BCUT2D eigenvalue weighted by Gasteiger charge is 2.47. The Morgan fingerprint density at radius 3 is 2.37 bits per heavy atom. The van der Waals surface area contributed by atoms with Crippen molar-refractivity contribution in [1.29, 1.82) is 0 Å². The number of hydrogen-bond donors (Lipinski definition) is 1. The zero-order valence-corrected chi connectivity index (χ0v) is 12.3. The van der Waals surface area contributed by atoms with Crippen molar-refractivity contribution in [2.75, 3.05) is 26.3 Å². The first-order valence-corrected chi connectivity index (χ1v) is 8.41. The van der Waals surface area contributed by atoms with Gasteiger partial charge in [-0.05, 0) is 57.5 Å². The second kappa shape index (κ2) is 6.11. The van der Waals surface area contributed by atoms with Crippen LogP contribution in [0.2, 0.25) is 0 Å². The van der Waals surface area contributed by atoms with Crippen molar-refractivity contribution in [2.24, 2.45) is 11.7 Å². The van der Waals surface area contributed by atoms with Crippen molar-refractivity contribution in [3.8, 4) is 0 Å². The van der Waals surface area contributed by atoms with Gasteiger partial charge in [-0.25, -0.2) is 0 Å². The van der Waals surface area contributed by atoms with Crippen LogP contribution in [0.5, 0.6) is 0 Å². The van der Waals surface area contributed by atoms with Crippen LogP contribution < -0.4 is 5.73 Å². The van der Waals surface area contributed by atoms with Crippen LogP contribution >= 0.6 is 0 Å². The van der Waals surface area contributed by atoms with E-state index in [9.17, 15) is 0 Å². The van der Waals surface area contributed by atoms with E-state index >= 15 is 0 Å². The highest BCUT2D eigenvalue weighted by Crippen LogP contribution is 2.42. The fourth-order valence-electron chi connectivity index (χ4n) is 4.67. The van der Waals surface area contributed by atoms with Gasteiger partial charge in [0.1, 0.15) is 0 Å². The van der Waals surface area contributed by atoms with Gasteiger partial charge >= 0.3 is 0 Å². The topological polar surface area (TPSA) is 38.5 Å². The lowest BCUT2D eigenvalue weighted by atomic mass is 9.76. The van der Waals surface area contributed by atoms with Crippen LogP contribution in [0.15, 0.2) is 0 Å². The Balaban J connectivity index is 1.74. The molecule has 3 fully saturated rings. The van der Waals surface area contributed by atoms with Crippen LogP contribution in [0.25, 0.3) is 0 Å². The average Bonchev–Trinajstić information content (AvgIpc) is 2.99. The minimum absolute atomic E-state index is 0.311. The third-order valence-electron chi connectivity index (χ3n) is 5.78. The van der Waals surface area contributed by atoms with E-state index in [1.165, 1.54) is 70.9 Å². The molecule has 3 aliphatic rings. The van der Waals surface area contributed by atoms with Crippen molar-refractivity contribution in [3.05, 3.63) is 0 Å². The number of nitrogens with two attached hydrogens (primary N) is 1. The molecule has 0 radical (unpaired) electrons. The zero-order chi connectivity index (χ0) is 13.1. The molecule has 2 atom stereocenters. The number of hydrogen-bond acceptors (Lipinski definition) is 3. The number of nitrogens with zero attached hydrogens (tertiary/aromatic N) is 1. The van der Waals surface area contributed by atoms with E-state index in [0.717, 1.165) is 13.2 Å². The molecule has 2 saturated heterocycles. The normalized spacial score (nSPS) is 34.3. The molecule has 0 aromatic rings. The van der Waals surface area contributed by atoms with E-state index in [0.29, 0.717) is 17.5 Å². The first-order valence-electron chi connectivity index (χ1n) is 8.41. The Morgan fingerprint density at radius 1 is 1.00 bits per heavy atom. The molecule has 0 bridgehead atoms. The van der Waals surface area contributed by atoms with Crippen molar-refractivity contribution in [3.63, 3.8) is 0 Å². The second-order valence-electron chi connectivity index (χ2n) is 6.86. The van der Waals surface area contributed by atoms with Crippen molar-refractivity contribution in [2.45, 2.75) is 69.4 Å².